The third-order valence-corrected chi connectivity index (χ3v) is 5.99. The number of esters is 1. The van der Waals surface area contributed by atoms with Gasteiger partial charge in [-0.3, -0.25) is 0 Å². The number of anilines is 2. The second kappa shape index (κ2) is 11.9. The molecule has 2 aromatic rings. The number of amides is 2. The van der Waals surface area contributed by atoms with Gasteiger partial charge >= 0.3 is 12.0 Å². The molecule has 0 saturated heterocycles. The maximum Gasteiger partial charge on any atom is 0.328 e. The van der Waals surface area contributed by atoms with E-state index < -0.39 is 6.04 Å². The summed E-state index contributed by atoms with van der Waals surface area (Å²) in [6, 6.07) is 7.36. The molecule has 1 heterocycles. The van der Waals surface area contributed by atoms with Crippen LogP contribution in [0.4, 0.5) is 16.6 Å². The smallest absolute Gasteiger partial charge is 0.328 e. The summed E-state index contributed by atoms with van der Waals surface area (Å²) in [5.41, 5.74) is 0.910. The first-order chi connectivity index (χ1) is 16.3. The molecule has 0 radical (unpaired) electrons. The van der Waals surface area contributed by atoms with Crippen molar-refractivity contribution in [2.75, 3.05) is 30.9 Å². The number of fused-ring (bicyclic) bond motifs is 1. The lowest BCUT2D eigenvalue weighted by Gasteiger charge is -2.30. The molecule has 3 rings (SSSR count). The number of hydrogen-bond donors (Lipinski definition) is 3. The van der Waals surface area contributed by atoms with E-state index in [-0.39, 0.29) is 30.0 Å². The summed E-state index contributed by atoms with van der Waals surface area (Å²) in [7, 11) is 3.96. The van der Waals surface area contributed by atoms with Gasteiger partial charge in [-0.25, -0.2) is 14.6 Å². The molecule has 1 atom stereocenters. The number of hydrogen-bond acceptors (Lipinski definition) is 7. The van der Waals surface area contributed by atoms with Gasteiger partial charge in [0, 0.05) is 31.6 Å². The number of carbonyl (C=O) groups excluding carboxylic acids is 2. The van der Waals surface area contributed by atoms with Crippen LogP contribution in [-0.4, -0.2) is 60.8 Å². The van der Waals surface area contributed by atoms with Crippen molar-refractivity contribution in [2.24, 2.45) is 5.92 Å². The number of benzene rings is 1. The first-order valence-corrected chi connectivity index (χ1v) is 12.2. The largest absolute Gasteiger partial charge is 0.464 e. The van der Waals surface area contributed by atoms with Crippen LogP contribution in [0.3, 0.4) is 0 Å². The minimum absolute atomic E-state index is 0.0646. The molecular weight excluding hydrogens is 432 g/mol. The Labute approximate surface area is 202 Å². The Morgan fingerprint density at radius 2 is 1.76 bits per heavy atom. The zero-order valence-corrected chi connectivity index (χ0v) is 20.9. The minimum atomic E-state index is -0.631. The third kappa shape index (κ3) is 6.95. The number of urea groups is 1. The number of aromatic nitrogens is 2. The molecule has 0 spiro atoms. The maximum absolute atomic E-state index is 12.5. The van der Waals surface area contributed by atoms with Crippen LogP contribution < -0.4 is 20.9 Å². The summed E-state index contributed by atoms with van der Waals surface area (Å²) in [5, 5.41) is 10.3. The maximum atomic E-state index is 12.5. The highest BCUT2D eigenvalue weighted by Gasteiger charge is 2.27. The first kappa shape index (κ1) is 25.5. The molecule has 1 unspecified atom stereocenters. The molecule has 186 valence electrons. The zero-order chi connectivity index (χ0) is 24.7. The number of carbonyl (C=O) groups is 2. The monoisotopic (exact) mass is 470 g/mol. The van der Waals surface area contributed by atoms with Crippen LogP contribution >= 0.6 is 0 Å². The zero-order valence-electron chi connectivity index (χ0n) is 20.9. The van der Waals surface area contributed by atoms with E-state index in [0.717, 1.165) is 42.4 Å². The van der Waals surface area contributed by atoms with Crippen LogP contribution in [0.25, 0.3) is 10.9 Å². The molecule has 9 heteroatoms. The molecule has 1 saturated carbocycles. The van der Waals surface area contributed by atoms with Crippen LogP contribution in [0.1, 0.15) is 52.9 Å². The van der Waals surface area contributed by atoms with Crippen molar-refractivity contribution in [2.45, 2.75) is 71.0 Å². The van der Waals surface area contributed by atoms with E-state index in [1.54, 1.807) is 6.92 Å². The quantitative estimate of drug-likeness (QED) is 0.480. The van der Waals surface area contributed by atoms with Gasteiger partial charge in [-0.15, -0.1) is 0 Å². The molecule has 2 amide bonds. The standard InChI is InChI=1S/C25H38N6O3/c1-6-34-23(32)21(15-16(2)3)29-25(33)27-18-13-11-17(12-14-18)26-24-28-20-10-8-7-9-19(20)22(30-24)31(4)5/h7-10,16-18,21H,6,11-15H2,1-5H3,(H,26,28,30)(H2,27,29,33). The molecule has 1 aliphatic carbocycles. The van der Waals surface area contributed by atoms with Gasteiger partial charge in [-0.2, -0.15) is 4.98 Å². The Balaban J connectivity index is 1.53. The van der Waals surface area contributed by atoms with Crippen molar-refractivity contribution in [1.29, 1.82) is 0 Å². The fraction of sp³-hybridized carbons (Fsp3) is 0.600. The Bertz CT molecular complexity index is 972. The normalized spacial score (nSPS) is 18.9. The molecule has 1 aromatic carbocycles. The van der Waals surface area contributed by atoms with Gasteiger partial charge in [-0.05, 0) is 57.1 Å². The van der Waals surface area contributed by atoms with Gasteiger partial charge in [-0.1, -0.05) is 26.0 Å². The summed E-state index contributed by atoms with van der Waals surface area (Å²) in [4.78, 5) is 36.1. The van der Waals surface area contributed by atoms with Crippen LogP contribution in [-0.2, 0) is 9.53 Å². The lowest BCUT2D eigenvalue weighted by molar-refractivity contribution is -0.145. The van der Waals surface area contributed by atoms with Crippen molar-refractivity contribution in [3.05, 3.63) is 24.3 Å². The third-order valence-electron chi connectivity index (χ3n) is 5.99. The lowest BCUT2D eigenvalue weighted by atomic mass is 9.91. The van der Waals surface area contributed by atoms with Gasteiger partial charge in [0.2, 0.25) is 5.95 Å². The highest BCUT2D eigenvalue weighted by molar-refractivity contribution is 5.90. The number of nitrogens with zero attached hydrogens (tertiary/aromatic N) is 3. The van der Waals surface area contributed by atoms with Crippen LogP contribution in [0.2, 0.25) is 0 Å². The summed E-state index contributed by atoms with van der Waals surface area (Å²) in [5.74, 6) is 1.40. The van der Waals surface area contributed by atoms with Crippen molar-refractivity contribution in [3.8, 4) is 0 Å². The van der Waals surface area contributed by atoms with E-state index >= 15 is 0 Å². The summed E-state index contributed by atoms with van der Waals surface area (Å²) >= 11 is 0. The van der Waals surface area contributed by atoms with Gasteiger partial charge in [0.15, 0.2) is 0 Å². The molecule has 9 nitrogen and oxygen atoms in total. The van der Waals surface area contributed by atoms with Crippen molar-refractivity contribution >= 4 is 34.7 Å². The number of para-hydroxylation sites is 1. The van der Waals surface area contributed by atoms with Crippen molar-refractivity contribution in [1.82, 2.24) is 20.6 Å². The minimum Gasteiger partial charge on any atom is -0.464 e. The Morgan fingerprint density at radius 1 is 1.09 bits per heavy atom. The highest BCUT2D eigenvalue weighted by atomic mass is 16.5. The predicted octanol–water partition coefficient (Wildman–Crippen LogP) is 3.70. The summed E-state index contributed by atoms with van der Waals surface area (Å²) in [6.07, 6.45) is 4.02. The fourth-order valence-electron chi connectivity index (χ4n) is 4.34. The molecule has 0 aliphatic heterocycles. The molecule has 3 N–H and O–H groups in total. The van der Waals surface area contributed by atoms with Crippen molar-refractivity contribution in [3.63, 3.8) is 0 Å². The van der Waals surface area contributed by atoms with Gasteiger partial charge < -0.3 is 25.6 Å². The molecule has 1 aromatic heterocycles. The lowest BCUT2D eigenvalue weighted by Crippen LogP contribution is -2.51. The van der Waals surface area contributed by atoms with E-state index in [9.17, 15) is 9.59 Å². The average Bonchev–Trinajstić information content (AvgIpc) is 2.79. The second-order valence-electron chi connectivity index (χ2n) is 9.53. The first-order valence-electron chi connectivity index (χ1n) is 12.2. The average molecular weight is 471 g/mol. The fourth-order valence-corrected chi connectivity index (χ4v) is 4.34. The van der Waals surface area contributed by atoms with Gasteiger partial charge in [0.05, 0.1) is 12.1 Å². The Morgan fingerprint density at radius 3 is 2.41 bits per heavy atom. The summed E-state index contributed by atoms with van der Waals surface area (Å²) < 4.78 is 5.11. The summed E-state index contributed by atoms with van der Waals surface area (Å²) in [6.45, 7) is 6.09. The van der Waals surface area contributed by atoms with E-state index in [1.165, 1.54) is 0 Å². The van der Waals surface area contributed by atoms with Crippen LogP contribution in [0.5, 0.6) is 0 Å². The van der Waals surface area contributed by atoms with Crippen LogP contribution in [0.15, 0.2) is 24.3 Å². The van der Waals surface area contributed by atoms with Gasteiger partial charge in [0.25, 0.3) is 0 Å². The predicted molar refractivity (Wildman–Crippen MR) is 135 cm³/mol. The van der Waals surface area contributed by atoms with E-state index in [4.69, 9.17) is 14.7 Å². The van der Waals surface area contributed by atoms with E-state index in [2.05, 4.69) is 16.0 Å². The molecule has 0 bridgehead atoms. The SMILES string of the molecule is CCOC(=O)C(CC(C)C)NC(=O)NC1CCC(Nc2nc(N(C)C)c3ccccc3n2)CC1. The van der Waals surface area contributed by atoms with Crippen molar-refractivity contribution < 1.29 is 14.3 Å². The van der Waals surface area contributed by atoms with E-state index in [0.29, 0.717) is 19.0 Å². The molecular formula is C25H38N6O3. The Hall–Kier alpha value is -3.10. The molecule has 1 aliphatic rings. The number of ether oxygens (including phenoxy) is 1. The number of rotatable bonds is 9. The molecule has 34 heavy (non-hydrogen) atoms. The highest BCUT2D eigenvalue weighted by Crippen LogP contribution is 2.26. The second-order valence-corrected chi connectivity index (χ2v) is 9.53. The van der Waals surface area contributed by atoms with Gasteiger partial charge in [0.1, 0.15) is 11.9 Å². The molecule has 1 fully saturated rings. The van der Waals surface area contributed by atoms with E-state index in [1.807, 2.05) is 57.1 Å². The topological polar surface area (TPSA) is 108 Å². The van der Waals surface area contributed by atoms with Crippen LogP contribution in [0, 0.1) is 5.92 Å². The Kier molecular flexibility index (Phi) is 8.90. The number of nitrogens with one attached hydrogen (secondary N) is 3.